The van der Waals surface area contributed by atoms with Crippen molar-refractivity contribution < 1.29 is 44.3 Å². The lowest BCUT2D eigenvalue weighted by molar-refractivity contribution is -0.589. The fourth-order valence-corrected chi connectivity index (χ4v) is 18.6. The van der Waals surface area contributed by atoms with E-state index in [1.807, 2.05) is 60.7 Å². The lowest BCUT2D eigenvalue weighted by Crippen LogP contribution is -2.96. The normalized spacial score (nSPS) is 20.3. The number of anilines is 3. The van der Waals surface area contributed by atoms with Crippen LogP contribution in [0.25, 0.3) is 65.4 Å². The Morgan fingerprint density at radius 3 is 1.43 bits per heavy atom. The molecule has 8 aromatic rings. The van der Waals surface area contributed by atoms with Crippen LogP contribution in [0.15, 0.2) is 168 Å². The maximum atomic E-state index is 15.8. The molecule has 0 amide bonds. The number of benzene rings is 8. The minimum absolute atomic E-state index is 0.0463. The van der Waals surface area contributed by atoms with Crippen LogP contribution in [0.1, 0.15) is 172 Å². The number of carbonyl (C=O) groups is 3. The molecule has 0 saturated carbocycles. The first kappa shape index (κ1) is 68.1. The Kier molecular flexibility index (Phi) is 16.4. The second-order valence-corrected chi connectivity index (χ2v) is 33.8. The Balaban J connectivity index is 0.897. The summed E-state index contributed by atoms with van der Waals surface area (Å²) in [6.45, 7) is 36.4. The Labute approximate surface area is 598 Å². The largest absolute Gasteiger partial charge is 0.871 e. The molecule has 15 rings (SSSR count). The average molecular weight is 1360 g/mol. The summed E-state index contributed by atoms with van der Waals surface area (Å²) in [6.07, 6.45) is 8.09. The highest BCUT2D eigenvalue weighted by molar-refractivity contribution is 6.52. The molecule has 7 aliphatic rings. The molecule has 4 aliphatic heterocycles. The maximum Gasteiger partial charge on any atom is 0.235 e. The van der Waals surface area contributed by atoms with Gasteiger partial charge in [-0.2, -0.15) is 4.58 Å². The SMILES string of the molecule is CC(C)CCN1/C(=C\C2=C([O-])C(=c3\ccc4ccc(C5=C([O-])/C(=c6\ccc7ccc(C8=C([O-])/C(=C/C9=[N+](CCC(C)C)c%10ccc%11ccccc%11c%10C9(C)C)C8=O)c8c7c6=[NH+]C(CC(C)C)(CC(C)C)N8)C5=O)c5c4c3=[NH+]C(CC(C)C)(CC(C)C)N5)/C2=O)C(C)(C)c2c1ccc1ccccc21. The van der Waals surface area contributed by atoms with Crippen molar-refractivity contribution in [2.45, 2.75) is 171 Å². The molecule has 0 radical (unpaired) electrons. The lowest BCUT2D eigenvalue weighted by Gasteiger charge is -2.37. The molecular formula is C90H96N6O6. The summed E-state index contributed by atoms with van der Waals surface area (Å²) < 4.78 is 2.32. The minimum Gasteiger partial charge on any atom is -0.871 e. The summed E-state index contributed by atoms with van der Waals surface area (Å²) in [5.74, 6) is -0.562. The van der Waals surface area contributed by atoms with Gasteiger partial charge in [-0.25, -0.2) is 9.98 Å². The average Bonchev–Trinajstić information content (AvgIpc) is 0.816. The summed E-state index contributed by atoms with van der Waals surface area (Å²) in [5.41, 5.74) is 6.44. The van der Waals surface area contributed by atoms with E-state index in [2.05, 4.69) is 214 Å². The van der Waals surface area contributed by atoms with Crippen LogP contribution >= 0.6 is 0 Å². The van der Waals surface area contributed by atoms with E-state index in [-0.39, 0.29) is 80.2 Å². The predicted molar refractivity (Wildman–Crippen MR) is 406 cm³/mol. The van der Waals surface area contributed by atoms with E-state index < -0.39 is 33.7 Å². The van der Waals surface area contributed by atoms with E-state index in [0.29, 0.717) is 91.9 Å². The molecule has 3 aliphatic carbocycles. The molecule has 0 unspecified atom stereocenters. The Hall–Kier alpha value is -9.68. The summed E-state index contributed by atoms with van der Waals surface area (Å²) in [7, 11) is 0. The second-order valence-electron chi connectivity index (χ2n) is 33.8. The summed E-state index contributed by atoms with van der Waals surface area (Å²) in [6, 6.07) is 40.7. The molecule has 12 nitrogen and oxygen atoms in total. The monoisotopic (exact) mass is 1360 g/mol. The second kappa shape index (κ2) is 24.5. The quantitative estimate of drug-likeness (QED) is 0.0481. The van der Waals surface area contributed by atoms with E-state index in [0.717, 1.165) is 81.0 Å². The third kappa shape index (κ3) is 10.6. The summed E-state index contributed by atoms with van der Waals surface area (Å²) in [4.78, 5) is 56.4. The number of Topliss-reactive ketones (excluding diaryl/α,β-unsaturated/α-hetero) is 3. The van der Waals surface area contributed by atoms with E-state index in [1.54, 1.807) is 0 Å². The molecule has 102 heavy (non-hydrogen) atoms. The standard InChI is InChI=1S/C90H96N6O6/c1-47(2)37-39-95-65-35-29-53-21-17-19-23-57(53)75(65)87(13,14)67(95)41-63-81(97)71(82(63)98)59-31-25-55-27-33-61(79-69(55)77(59)91-89(93-79,43-49(5)6)44-50(7)8)73-85(101)74(86(73)102)62-34-28-56-26-32-60(78-70(56)80(62)94-90(92-78,45-51(9)10)46-52(11)12)72-83(99)64(84(72)100)42-68-88(15,16)76-58-24-20-18-22-54(58)30-36-66(76)96(68)40-38-48(3)4/h17-36,41-42,47-52H,37-40,43-46H2,1-16H3,(H4,91,92,93,94,97,98,99,100,101,102)/b67-41-. The van der Waals surface area contributed by atoms with E-state index in [4.69, 9.17) is 0 Å². The molecule has 0 atom stereocenters. The van der Waals surface area contributed by atoms with Gasteiger partial charge in [-0.15, -0.1) is 0 Å². The number of carbonyl (C=O) groups excluding carboxylic acids is 3. The third-order valence-corrected chi connectivity index (χ3v) is 22.7. The minimum atomic E-state index is -0.829. The lowest BCUT2D eigenvalue weighted by atomic mass is 9.75. The number of allylic oxidation sites excluding steroid dienone is 9. The molecule has 522 valence electrons. The number of nitrogens with zero attached hydrogens (tertiary/aromatic N) is 2. The first-order valence-electron chi connectivity index (χ1n) is 37.3. The molecule has 12 heteroatoms. The highest BCUT2D eigenvalue weighted by Crippen LogP contribution is 2.53. The Morgan fingerprint density at radius 2 is 0.941 bits per heavy atom. The fraction of sp³-hybridized carbons (Fsp3) is 0.378. The van der Waals surface area contributed by atoms with Crippen LogP contribution in [-0.2, 0) is 25.2 Å². The highest BCUT2D eigenvalue weighted by Gasteiger charge is 2.50. The van der Waals surface area contributed by atoms with Crippen LogP contribution < -0.4 is 62.0 Å². The highest BCUT2D eigenvalue weighted by atomic mass is 16.3. The van der Waals surface area contributed by atoms with Gasteiger partial charge in [0.1, 0.15) is 6.54 Å². The van der Waals surface area contributed by atoms with Crippen molar-refractivity contribution in [3.8, 4) is 0 Å². The van der Waals surface area contributed by atoms with E-state index in [9.17, 15) is 0 Å². The van der Waals surface area contributed by atoms with Crippen LogP contribution in [-0.4, -0.2) is 52.1 Å². The zero-order chi connectivity index (χ0) is 72.3. The zero-order valence-electron chi connectivity index (χ0n) is 62.2. The molecule has 8 aromatic carbocycles. The van der Waals surface area contributed by atoms with Crippen LogP contribution in [0.2, 0.25) is 0 Å². The van der Waals surface area contributed by atoms with Crippen molar-refractivity contribution in [3.05, 3.63) is 211 Å². The Bertz CT molecular complexity index is 5530. The summed E-state index contributed by atoms with van der Waals surface area (Å²) in [5, 5.41) is 63.8. The molecule has 4 N–H and O–H groups in total. The number of rotatable bonds is 18. The topological polar surface area (TPSA) is 179 Å². The van der Waals surface area contributed by atoms with Crippen LogP contribution in [0.3, 0.4) is 0 Å². The number of nitrogens with one attached hydrogen (secondary N) is 4. The molecule has 0 aromatic heterocycles. The van der Waals surface area contributed by atoms with Crippen LogP contribution in [0.4, 0.5) is 22.7 Å². The number of hydrogen-bond donors (Lipinski definition) is 4. The van der Waals surface area contributed by atoms with E-state index in [1.165, 1.54) is 11.1 Å². The van der Waals surface area contributed by atoms with Gasteiger partial charge < -0.3 is 30.9 Å². The van der Waals surface area contributed by atoms with Crippen molar-refractivity contribution in [1.82, 2.24) is 0 Å². The zero-order valence-corrected chi connectivity index (χ0v) is 62.2. The number of fused-ring (bicyclic) bond motifs is 6. The van der Waals surface area contributed by atoms with Gasteiger partial charge in [-0.3, -0.25) is 14.4 Å². The van der Waals surface area contributed by atoms with Gasteiger partial charge in [0.05, 0.1) is 38.0 Å². The van der Waals surface area contributed by atoms with Gasteiger partial charge in [-0.05, 0) is 124 Å². The third-order valence-electron chi connectivity index (χ3n) is 22.7. The predicted octanol–water partition coefficient (Wildman–Crippen LogP) is 10.4. The Morgan fingerprint density at radius 1 is 0.471 bits per heavy atom. The molecular weight excluding hydrogens is 1260 g/mol. The number of ketones is 3. The van der Waals surface area contributed by atoms with Crippen molar-refractivity contribution in [1.29, 1.82) is 0 Å². The van der Waals surface area contributed by atoms with Gasteiger partial charge in [0.25, 0.3) is 0 Å². The molecule has 0 bridgehead atoms. The van der Waals surface area contributed by atoms with Gasteiger partial charge in [-0.1, -0.05) is 205 Å². The van der Waals surface area contributed by atoms with Crippen molar-refractivity contribution in [2.75, 3.05) is 28.6 Å². The number of hydrogen-bond acceptors (Lipinski definition) is 9. The van der Waals surface area contributed by atoms with Crippen LogP contribution in [0.5, 0.6) is 0 Å². The van der Waals surface area contributed by atoms with Gasteiger partial charge in [0, 0.05) is 118 Å². The van der Waals surface area contributed by atoms with E-state index >= 15 is 29.7 Å². The molecule has 0 saturated heterocycles. The fourth-order valence-electron chi connectivity index (χ4n) is 18.6. The van der Waals surface area contributed by atoms with Gasteiger partial charge in [0.2, 0.25) is 27.7 Å². The molecule has 0 fully saturated rings. The van der Waals surface area contributed by atoms with Gasteiger partial charge >= 0.3 is 0 Å². The first-order chi connectivity index (χ1) is 48.4. The molecule has 0 spiro atoms. The van der Waals surface area contributed by atoms with Crippen molar-refractivity contribution in [2.24, 2.45) is 35.5 Å². The maximum absolute atomic E-state index is 15.8. The smallest absolute Gasteiger partial charge is 0.235 e. The molecule has 4 heterocycles. The van der Waals surface area contributed by atoms with Crippen molar-refractivity contribution >= 4 is 111 Å². The van der Waals surface area contributed by atoms with Crippen molar-refractivity contribution in [3.63, 3.8) is 0 Å². The van der Waals surface area contributed by atoms with Gasteiger partial charge in [0.15, 0.2) is 23.1 Å². The van der Waals surface area contributed by atoms with Crippen LogP contribution in [0, 0.1) is 35.5 Å². The first-order valence-corrected chi connectivity index (χ1v) is 37.3. The summed E-state index contributed by atoms with van der Waals surface area (Å²) >= 11 is 0.